The molecule has 1 unspecified atom stereocenters. The lowest BCUT2D eigenvalue weighted by Gasteiger charge is -2.19. The van der Waals surface area contributed by atoms with Crippen LogP contribution in [0.3, 0.4) is 0 Å². The van der Waals surface area contributed by atoms with Crippen molar-refractivity contribution in [3.8, 4) is 0 Å². The number of nitrogens with one attached hydrogen (secondary N) is 2. The van der Waals surface area contributed by atoms with Gasteiger partial charge in [-0.3, -0.25) is 4.72 Å². The lowest BCUT2D eigenvalue weighted by Crippen LogP contribution is -2.27. The summed E-state index contributed by atoms with van der Waals surface area (Å²) in [6.07, 6.45) is 2.41. The zero-order valence-corrected chi connectivity index (χ0v) is 11.6. The summed E-state index contributed by atoms with van der Waals surface area (Å²) in [4.78, 5) is 0. The van der Waals surface area contributed by atoms with Crippen molar-refractivity contribution >= 4 is 21.6 Å². The summed E-state index contributed by atoms with van der Waals surface area (Å²) in [5, 5.41) is 8.31. The van der Waals surface area contributed by atoms with Gasteiger partial charge in [0.05, 0.1) is 18.3 Å². The summed E-state index contributed by atoms with van der Waals surface area (Å²) < 4.78 is 29.4. The van der Waals surface area contributed by atoms with Crippen LogP contribution in [0.15, 0.2) is 24.3 Å². The number of nitrogens with two attached hydrogens (primary N) is 1. The van der Waals surface area contributed by atoms with Gasteiger partial charge in [-0.15, -0.1) is 0 Å². The Bertz CT molecular complexity index is 529. The number of rotatable bonds is 7. The molecule has 0 amide bonds. The minimum Gasteiger partial charge on any atom is -0.383 e. The van der Waals surface area contributed by atoms with Crippen molar-refractivity contribution in [1.29, 1.82) is 0 Å². The average molecular weight is 285 g/mol. The maximum absolute atomic E-state index is 11.0. The molecule has 106 valence electrons. The fourth-order valence-electron chi connectivity index (χ4n) is 2.02. The van der Waals surface area contributed by atoms with Gasteiger partial charge in [0.25, 0.3) is 10.2 Å². The fourth-order valence-corrected chi connectivity index (χ4v) is 2.48. The van der Waals surface area contributed by atoms with Gasteiger partial charge in [-0.25, -0.2) is 5.14 Å². The van der Waals surface area contributed by atoms with Crippen molar-refractivity contribution in [2.24, 2.45) is 11.1 Å². The molecule has 0 saturated heterocycles. The van der Waals surface area contributed by atoms with Crippen molar-refractivity contribution in [3.05, 3.63) is 24.3 Å². The number of hydrogen-bond donors (Lipinski definition) is 3. The van der Waals surface area contributed by atoms with Crippen LogP contribution in [0.2, 0.25) is 0 Å². The zero-order valence-electron chi connectivity index (χ0n) is 10.8. The summed E-state index contributed by atoms with van der Waals surface area (Å²) in [6, 6.07) is 7.29. The normalized spacial score (nSPS) is 16.9. The zero-order chi connectivity index (χ0) is 13.9. The maximum atomic E-state index is 11.0. The van der Waals surface area contributed by atoms with Crippen molar-refractivity contribution in [2.45, 2.75) is 18.9 Å². The lowest BCUT2D eigenvalue weighted by molar-refractivity contribution is 0.179. The molecule has 0 aromatic heterocycles. The highest BCUT2D eigenvalue weighted by molar-refractivity contribution is 7.90. The first-order valence-corrected chi connectivity index (χ1v) is 7.68. The Morgan fingerprint density at radius 3 is 2.68 bits per heavy atom. The van der Waals surface area contributed by atoms with E-state index in [4.69, 9.17) is 9.88 Å². The molecule has 0 aliphatic heterocycles. The lowest BCUT2D eigenvalue weighted by atomic mass is 10.2. The maximum Gasteiger partial charge on any atom is 0.296 e. The number of ether oxygens (including phenoxy) is 1. The molecule has 1 aliphatic rings. The molecule has 7 heteroatoms. The molecule has 19 heavy (non-hydrogen) atoms. The van der Waals surface area contributed by atoms with Crippen LogP contribution >= 0.6 is 0 Å². The molecular weight excluding hydrogens is 266 g/mol. The topological polar surface area (TPSA) is 93.4 Å². The summed E-state index contributed by atoms with van der Waals surface area (Å²) in [7, 11) is -2.06. The first-order chi connectivity index (χ1) is 8.98. The van der Waals surface area contributed by atoms with Gasteiger partial charge in [0.2, 0.25) is 0 Å². The van der Waals surface area contributed by atoms with Gasteiger partial charge in [-0.2, -0.15) is 8.42 Å². The van der Waals surface area contributed by atoms with Gasteiger partial charge in [0, 0.05) is 12.8 Å². The Labute approximate surface area is 113 Å². The van der Waals surface area contributed by atoms with Gasteiger partial charge in [0.1, 0.15) is 0 Å². The monoisotopic (exact) mass is 285 g/mol. The summed E-state index contributed by atoms with van der Waals surface area (Å²) >= 11 is 0. The molecule has 1 aromatic carbocycles. The third-order valence-corrected chi connectivity index (χ3v) is 3.53. The van der Waals surface area contributed by atoms with Crippen LogP contribution in [0.25, 0.3) is 0 Å². The van der Waals surface area contributed by atoms with Crippen LogP contribution in [0.4, 0.5) is 11.4 Å². The molecule has 0 heterocycles. The van der Waals surface area contributed by atoms with Crippen LogP contribution in [-0.2, 0) is 14.9 Å². The quantitative estimate of drug-likeness (QED) is 0.700. The van der Waals surface area contributed by atoms with E-state index in [9.17, 15) is 8.42 Å². The number of hydrogen-bond acceptors (Lipinski definition) is 4. The smallest absolute Gasteiger partial charge is 0.296 e. The molecule has 0 bridgehead atoms. The second-order valence-electron chi connectivity index (χ2n) is 4.77. The highest BCUT2D eigenvalue weighted by Crippen LogP contribution is 2.34. The summed E-state index contributed by atoms with van der Waals surface area (Å²) in [5.41, 5.74) is 1.29. The van der Waals surface area contributed by atoms with E-state index in [0.29, 0.717) is 18.2 Å². The first kappa shape index (κ1) is 14.1. The van der Waals surface area contributed by atoms with Crippen LogP contribution in [0.1, 0.15) is 12.8 Å². The van der Waals surface area contributed by atoms with E-state index in [0.717, 1.165) is 5.69 Å². The first-order valence-electron chi connectivity index (χ1n) is 6.14. The van der Waals surface area contributed by atoms with Gasteiger partial charge in [-0.05, 0) is 37.0 Å². The van der Waals surface area contributed by atoms with E-state index >= 15 is 0 Å². The minimum absolute atomic E-state index is 0.259. The molecule has 1 saturated carbocycles. The molecule has 0 spiro atoms. The van der Waals surface area contributed by atoms with Crippen molar-refractivity contribution in [1.82, 2.24) is 0 Å². The Hall–Kier alpha value is -1.31. The summed E-state index contributed by atoms with van der Waals surface area (Å²) in [6.45, 7) is 0.636. The second kappa shape index (κ2) is 5.77. The molecule has 0 radical (unpaired) electrons. The predicted molar refractivity (Wildman–Crippen MR) is 75.2 cm³/mol. The highest BCUT2D eigenvalue weighted by Gasteiger charge is 2.31. The standard InChI is InChI=1S/C12H19N3O3S/c1-18-8-12(9-5-6-9)14-10-3-2-4-11(7-10)15-19(13,16)17/h2-4,7,9,12,14-15H,5-6,8H2,1H3,(H2,13,16,17). The number of anilines is 2. The SMILES string of the molecule is COCC(Nc1cccc(NS(N)(=O)=O)c1)C1CC1. The highest BCUT2D eigenvalue weighted by atomic mass is 32.2. The Kier molecular flexibility index (Phi) is 4.28. The third kappa shape index (κ3) is 4.70. The molecule has 1 fully saturated rings. The van der Waals surface area contributed by atoms with Crippen molar-refractivity contribution in [3.63, 3.8) is 0 Å². The molecular formula is C12H19N3O3S. The number of benzene rings is 1. The van der Waals surface area contributed by atoms with Crippen LogP contribution in [0, 0.1) is 5.92 Å². The van der Waals surface area contributed by atoms with Crippen molar-refractivity contribution in [2.75, 3.05) is 23.8 Å². The van der Waals surface area contributed by atoms with Crippen LogP contribution < -0.4 is 15.2 Å². The van der Waals surface area contributed by atoms with E-state index in [1.807, 2.05) is 6.07 Å². The fraction of sp³-hybridized carbons (Fsp3) is 0.500. The van der Waals surface area contributed by atoms with Gasteiger partial charge in [0.15, 0.2) is 0 Å². The Morgan fingerprint density at radius 1 is 1.42 bits per heavy atom. The van der Waals surface area contributed by atoms with E-state index < -0.39 is 10.2 Å². The molecule has 4 N–H and O–H groups in total. The van der Waals surface area contributed by atoms with E-state index in [2.05, 4.69) is 10.0 Å². The van der Waals surface area contributed by atoms with Crippen molar-refractivity contribution < 1.29 is 13.2 Å². The largest absolute Gasteiger partial charge is 0.383 e. The molecule has 1 aliphatic carbocycles. The van der Waals surface area contributed by atoms with Crippen LogP contribution in [0.5, 0.6) is 0 Å². The van der Waals surface area contributed by atoms with Gasteiger partial charge in [-0.1, -0.05) is 6.07 Å². The second-order valence-corrected chi connectivity index (χ2v) is 6.07. The van der Waals surface area contributed by atoms with E-state index in [1.165, 1.54) is 12.8 Å². The molecule has 1 atom stereocenters. The number of methoxy groups -OCH3 is 1. The van der Waals surface area contributed by atoms with Crippen LogP contribution in [-0.4, -0.2) is 28.2 Å². The van der Waals surface area contributed by atoms with E-state index in [1.54, 1.807) is 25.3 Å². The third-order valence-electron chi connectivity index (χ3n) is 3.01. The molecule has 6 nitrogen and oxygen atoms in total. The minimum atomic E-state index is -3.74. The predicted octanol–water partition coefficient (Wildman–Crippen LogP) is 1.14. The van der Waals surface area contributed by atoms with Gasteiger partial charge < -0.3 is 10.1 Å². The summed E-state index contributed by atoms with van der Waals surface area (Å²) in [5.74, 6) is 0.634. The molecule has 1 aromatic rings. The molecule has 2 rings (SSSR count). The Balaban J connectivity index is 2.05. The average Bonchev–Trinajstić information content (AvgIpc) is 3.10. The Morgan fingerprint density at radius 2 is 2.11 bits per heavy atom. The van der Waals surface area contributed by atoms with Gasteiger partial charge >= 0.3 is 0 Å². The van der Waals surface area contributed by atoms with E-state index in [-0.39, 0.29) is 6.04 Å².